The van der Waals surface area contributed by atoms with E-state index in [1.165, 1.54) is 0 Å². The van der Waals surface area contributed by atoms with Crippen molar-refractivity contribution < 1.29 is 21.6 Å². The smallest absolute Gasteiger partial charge is 0.325 e. The molecule has 0 bridgehead atoms. The van der Waals surface area contributed by atoms with Gasteiger partial charge >= 0.3 is 6.18 Å². The summed E-state index contributed by atoms with van der Waals surface area (Å²) in [6, 6.07) is 10.0. The van der Waals surface area contributed by atoms with Crippen molar-refractivity contribution in [2.24, 2.45) is 0 Å². The van der Waals surface area contributed by atoms with Crippen molar-refractivity contribution in [3.05, 3.63) is 60.3 Å². The normalized spacial score (nSPS) is 14.1. The first-order chi connectivity index (χ1) is 13.2. The predicted molar refractivity (Wildman–Crippen MR) is 101 cm³/mol. The lowest BCUT2D eigenvalue weighted by molar-refractivity contribution is -0.137. The molecule has 5 nitrogen and oxygen atoms in total. The average molecular weight is 425 g/mol. The Labute approximate surface area is 163 Å². The van der Waals surface area contributed by atoms with Crippen LogP contribution in [-0.4, -0.2) is 23.7 Å². The minimum Gasteiger partial charge on any atom is -0.325 e. The van der Waals surface area contributed by atoms with Gasteiger partial charge < -0.3 is 4.57 Å². The van der Waals surface area contributed by atoms with Gasteiger partial charge in [-0.15, -0.1) is 0 Å². The number of imidazole rings is 1. The maximum absolute atomic E-state index is 12.6. The number of aryl methyl sites for hydroxylation is 1. The van der Waals surface area contributed by atoms with Crippen LogP contribution in [0.1, 0.15) is 5.56 Å². The number of nitrogens with one attached hydrogen (secondary N) is 1. The van der Waals surface area contributed by atoms with Crippen molar-refractivity contribution in [1.29, 1.82) is 0 Å². The molecule has 1 N–H and O–H groups in total. The number of fused-ring (bicyclic) bond motifs is 1. The van der Waals surface area contributed by atoms with E-state index in [0.29, 0.717) is 5.69 Å². The van der Waals surface area contributed by atoms with Crippen molar-refractivity contribution in [2.75, 3.05) is 10.5 Å². The van der Waals surface area contributed by atoms with Gasteiger partial charge in [-0.1, -0.05) is 23.9 Å². The Morgan fingerprint density at radius 1 is 1.04 bits per heavy atom. The van der Waals surface area contributed by atoms with Crippen LogP contribution >= 0.6 is 11.8 Å². The van der Waals surface area contributed by atoms with E-state index in [2.05, 4.69) is 14.3 Å². The molecule has 0 spiro atoms. The van der Waals surface area contributed by atoms with Gasteiger partial charge in [-0.3, -0.25) is 4.72 Å². The Morgan fingerprint density at radius 3 is 2.32 bits per heavy atom. The van der Waals surface area contributed by atoms with Gasteiger partial charge in [0, 0.05) is 29.7 Å². The number of halogens is 3. The van der Waals surface area contributed by atoms with Crippen LogP contribution in [-0.2, 0) is 22.7 Å². The standard InChI is InChI=1S/C18H14F3N3O2S2/c19-18(20,21)13-3-7-15(8-4-13)28(25,26)23-14-5-1-12(2-6-14)16-11-24-9-10-27-17(24)22-16/h1-8,11,23H,9-10H2. The van der Waals surface area contributed by atoms with Gasteiger partial charge in [0.25, 0.3) is 10.0 Å². The molecule has 0 fully saturated rings. The van der Waals surface area contributed by atoms with Crippen LogP contribution in [0.4, 0.5) is 18.9 Å². The molecule has 1 aliphatic rings. The Balaban J connectivity index is 1.51. The zero-order valence-corrected chi connectivity index (χ0v) is 15.9. The molecule has 0 amide bonds. The highest BCUT2D eigenvalue weighted by Gasteiger charge is 2.30. The van der Waals surface area contributed by atoms with E-state index in [9.17, 15) is 21.6 Å². The van der Waals surface area contributed by atoms with Crippen LogP contribution < -0.4 is 4.72 Å². The second-order valence-corrected chi connectivity index (χ2v) is 8.90. The topological polar surface area (TPSA) is 64.0 Å². The molecule has 1 aromatic heterocycles. The van der Waals surface area contributed by atoms with Crippen LogP contribution in [0.3, 0.4) is 0 Å². The maximum Gasteiger partial charge on any atom is 0.416 e. The van der Waals surface area contributed by atoms with Gasteiger partial charge in [0.15, 0.2) is 5.16 Å². The second-order valence-electron chi connectivity index (χ2n) is 6.16. The lowest BCUT2D eigenvalue weighted by atomic mass is 10.1. The molecular weight excluding hydrogens is 411 g/mol. The maximum atomic E-state index is 12.6. The summed E-state index contributed by atoms with van der Waals surface area (Å²) in [4.78, 5) is 4.29. The van der Waals surface area contributed by atoms with E-state index in [4.69, 9.17) is 0 Å². The zero-order chi connectivity index (χ0) is 19.9. The summed E-state index contributed by atoms with van der Waals surface area (Å²) in [5, 5.41) is 0.960. The highest BCUT2D eigenvalue weighted by molar-refractivity contribution is 7.99. The molecule has 146 valence electrons. The van der Waals surface area contributed by atoms with Crippen molar-refractivity contribution in [1.82, 2.24) is 9.55 Å². The molecule has 4 rings (SSSR count). The van der Waals surface area contributed by atoms with Gasteiger partial charge in [0.1, 0.15) is 0 Å². The molecule has 0 saturated carbocycles. The molecule has 0 saturated heterocycles. The summed E-state index contributed by atoms with van der Waals surface area (Å²) in [7, 11) is -3.99. The molecule has 2 aromatic carbocycles. The molecule has 3 aromatic rings. The fraction of sp³-hybridized carbons (Fsp3) is 0.167. The number of aromatic nitrogens is 2. The number of sulfonamides is 1. The van der Waals surface area contributed by atoms with E-state index >= 15 is 0 Å². The predicted octanol–water partition coefficient (Wildman–Crippen LogP) is 4.48. The SMILES string of the molecule is O=S(=O)(Nc1ccc(-c2cn3c(n2)SCC3)cc1)c1ccc(C(F)(F)F)cc1. The first kappa shape index (κ1) is 18.9. The minimum absolute atomic E-state index is 0.243. The summed E-state index contributed by atoms with van der Waals surface area (Å²) < 4.78 is 67.1. The Kier molecular flexibility index (Phi) is 4.62. The van der Waals surface area contributed by atoms with Gasteiger partial charge in [0.2, 0.25) is 0 Å². The third-order valence-corrected chi connectivity index (χ3v) is 6.60. The Hall–Kier alpha value is -2.46. The molecular formula is C18H14F3N3O2S2. The van der Waals surface area contributed by atoms with Crippen molar-refractivity contribution in [2.45, 2.75) is 22.8 Å². The van der Waals surface area contributed by atoms with Gasteiger partial charge in [-0.05, 0) is 36.4 Å². The summed E-state index contributed by atoms with van der Waals surface area (Å²) in [5.74, 6) is 1.01. The highest BCUT2D eigenvalue weighted by atomic mass is 32.2. The van der Waals surface area contributed by atoms with Crippen LogP contribution in [0.5, 0.6) is 0 Å². The van der Waals surface area contributed by atoms with Gasteiger partial charge in [-0.25, -0.2) is 13.4 Å². The highest BCUT2D eigenvalue weighted by Crippen LogP contribution is 2.31. The van der Waals surface area contributed by atoms with Crippen LogP contribution in [0.25, 0.3) is 11.3 Å². The van der Waals surface area contributed by atoms with Crippen LogP contribution in [0.2, 0.25) is 0 Å². The summed E-state index contributed by atoms with van der Waals surface area (Å²) in [6.07, 6.45) is -2.56. The number of hydrogen-bond donors (Lipinski definition) is 1. The molecule has 10 heteroatoms. The zero-order valence-electron chi connectivity index (χ0n) is 14.3. The second kappa shape index (κ2) is 6.85. The fourth-order valence-electron chi connectivity index (χ4n) is 2.79. The number of alkyl halides is 3. The molecule has 0 aliphatic carbocycles. The van der Waals surface area contributed by atoms with Crippen molar-refractivity contribution in [3.8, 4) is 11.3 Å². The molecule has 2 heterocycles. The first-order valence-corrected chi connectivity index (χ1v) is 10.7. The molecule has 0 atom stereocenters. The van der Waals surface area contributed by atoms with Gasteiger partial charge in [-0.2, -0.15) is 13.2 Å². The van der Waals surface area contributed by atoms with Crippen LogP contribution in [0, 0.1) is 0 Å². The number of hydrogen-bond acceptors (Lipinski definition) is 4. The fourth-order valence-corrected chi connectivity index (χ4v) is 4.80. The number of benzene rings is 2. The molecule has 0 unspecified atom stereocenters. The molecule has 28 heavy (non-hydrogen) atoms. The number of nitrogens with zero attached hydrogens (tertiary/aromatic N) is 2. The van der Waals surface area contributed by atoms with Crippen LogP contribution in [0.15, 0.2) is 64.8 Å². The number of rotatable bonds is 4. The Morgan fingerprint density at radius 2 is 1.71 bits per heavy atom. The van der Waals surface area contributed by atoms with E-state index in [1.807, 2.05) is 6.20 Å². The molecule has 0 radical (unpaired) electrons. The third-order valence-electron chi connectivity index (χ3n) is 4.23. The first-order valence-electron chi connectivity index (χ1n) is 8.23. The van der Waals surface area contributed by atoms with E-state index in [-0.39, 0.29) is 4.90 Å². The minimum atomic E-state index is -4.52. The monoisotopic (exact) mass is 425 g/mol. The number of anilines is 1. The lowest BCUT2D eigenvalue weighted by Crippen LogP contribution is -2.13. The average Bonchev–Trinajstić information content (AvgIpc) is 3.23. The van der Waals surface area contributed by atoms with E-state index in [0.717, 1.165) is 53.0 Å². The molecule has 1 aliphatic heterocycles. The van der Waals surface area contributed by atoms with E-state index < -0.39 is 21.8 Å². The van der Waals surface area contributed by atoms with Gasteiger partial charge in [0.05, 0.1) is 16.2 Å². The third kappa shape index (κ3) is 3.74. The summed E-state index contributed by atoms with van der Waals surface area (Å²) in [5.41, 5.74) is 1.06. The Bertz CT molecular complexity index is 1080. The number of thioether (sulfide) groups is 1. The van der Waals surface area contributed by atoms with Crippen molar-refractivity contribution in [3.63, 3.8) is 0 Å². The van der Waals surface area contributed by atoms with Crippen molar-refractivity contribution >= 4 is 27.5 Å². The summed E-state index contributed by atoms with van der Waals surface area (Å²) in [6.45, 7) is 0.915. The lowest BCUT2D eigenvalue weighted by Gasteiger charge is -2.10. The quantitative estimate of drug-likeness (QED) is 0.670. The van der Waals surface area contributed by atoms with E-state index in [1.54, 1.807) is 36.0 Å². The largest absolute Gasteiger partial charge is 0.416 e. The summed E-state index contributed by atoms with van der Waals surface area (Å²) >= 11 is 1.68.